The predicted molar refractivity (Wildman–Crippen MR) is 85.5 cm³/mol. The maximum absolute atomic E-state index is 12.0. The molecule has 22 heavy (non-hydrogen) atoms. The second-order valence-corrected chi connectivity index (χ2v) is 6.24. The lowest BCUT2D eigenvalue weighted by Crippen LogP contribution is -2.28. The number of likely N-dealkylation sites (tertiary alicyclic amines) is 1. The smallest absolute Gasteiger partial charge is 0.311 e. The summed E-state index contributed by atoms with van der Waals surface area (Å²) in [6.07, 6.45) is 5.66. The Morgan fingerprint density at radius 3 is 2.68 bits per heavy atom. The molecule has 1 saturated heterocycles. The van der Waals surface area contributed by atoms with Crippen LogP contribution in [0.3, 0.4) is 0 Å². The van der Waals surface area contributed by atoms with E-state index in [1.165, 1.54) is 12.8 Å². The number of esters is 1. The van der Waals surface area contributed by atoms with Crippen molar-refractivity contribution in [2.45, 2.75) is 65.4 Å². The molecule has 0 spiro atoms. The molecule has 128 valence electrons. The number of unbranched alkanes of at least 4 members (excludes halogenated alkanes) is 3. The van der Waals surface area contributed by atoms with E-state index < -0.39 is 0 Å². The minimum Gasteiger partial charge on any atom is -0.465 e. The number of ether oxygens (including phenoxy) is 2. The molecule has 1 aliphatic heterocycles. The zero-order valence-corrected chi connectivity index (χ0v) is 14.3. The Morgan fingerprint density at radius 1 is 1.23 bits per heavy atom. The molecular weight excluding hydrogens is 282 g/mol. The Bertz CT molecular complexity index is 344. The largest absolute Gasteiger partial charge is 0.465 e. The number of nitrogens with zero attached hydrogens (tertiary/aromatic N) is 1. The monoisotopic (exact) mass is 313 g/mol. The van der Waals surface area contributed by atoms with E-state index in [1.54, 1.807) is 4.90 Å². The third kappa shape index (κ3) is 7.25. The van der Waals surface area contributed by atoms with Gasteiger partial charge in [0, 0.05) is 26.1 Å². The Kier molecular flexibility index (Phi) is 9.13. The number of rotatable bonds is 11. The van der Waals surface area contributed by atoms with Crippen molar-refractivity contribution in [3.63, 3.8) is 0 Å². The molecule has 0 radical (unpaired) electrons. The van der Waals surface area contributed by atoms with Crippen LogP contribution in [-0.2, 0) is 19.1 Å². The van der Waals surface area contributed by atoms with E-state index in [4.69, 9.17) is 9.47 Å². The Balaban J connectivity index is 2.18. The van der Waals surface area contributed by atoms with Gasteiger partial charge in [-0.1, -0.05) is 26.2 Å². The second-order valence-electron chi connectivity index (χ2n) is 6.24. The van der Waals surface area contributed by atoms with Gasteiger partial charge in [-0.05, 0) is 26.7 Å². The van der Waals surface area contributed by atoms with Crippen LogP contribution in [0.1, 0.15) is 59.3 Å². The molecule has 1 rings (SSSR count). The van der Waals surface area contributed by atoms with Gasteiger partial charge >= 0.3 is 5.97 Å². The van der Waals surface area contributed by atoms with Crippen molar-refractivity contribution >= 4 is 11.9 Å². The number of amides is 1. The predicted octanol–water partition coefficient (Wildman–Crippen LogP) is 2.77. The minimum atomic E-state index is -0.287. The fourth-order valence-corrected chi connectivity index (χ4v) is 2.54. The van der Waals surface area contributed by atoms with Crippen LogP contribution in [-0.4, -0.2) is 49.2 Å². The quantitative estimate of drug-likeness (QED) is 0.435. The van der Waals surface area contributed by atoms with E-state index in [9.17, 15) is 9.59 Å². The molecule has 0 aromatic carbocycles. The van der Waals surface area contributed by atoms with E-state index in [0.717, 1.165) is 19.3 Å². The molecule has 0 aliphatic carbocycles. The van der Waals surface area contributed by atoms with Gasteiger partial charge in [-0.15, -0.1) is 0 Å². The minimum absolute atomic E-state index is 0.0532. The standard InChI is InChI=1S/C17H31NO4/c1-4-5-6-7-10-22-17(20)15-12-16(19)18(13-15)9-8-11-21-14(2)3/h14-15H,4-13H2,1-3H3. The highest BCUT2D eigenvalue weighted by Gasteiger charge is 2.34. The molecule has 1 heterocycles. The van der Waals surface area contributed by atoms with E-state index in [1.807, 2.05) is 13.8 Å². The molecule has 1 atom stereocenters. The number of hydrogen-bond acceptors (Lipinski definition) is 4. The lowest BCUT2D eigenvalue weighted by atomic mass is 10.1. The first-order valence-electron chi connectivity index (χ1n) is 8.60. The van der Waals surface area contributed by atoms with Crippen molar-refractivity contribution in [2.24, 2.45) is 5.92 Å². The summed E-state index contributed by atoms with van der Waals surface area (Å²) in [5.41, 5.74) is 0. The van der Waals surface area contributed by atoms with Gasteiger partial charge in [0.2, 0.25) is 5.91 Å². The molecule has 1 fully saturated rings. The highest BCUT2D eigenvalue weighted by atomic mass is 16.5. The highest BCUT2D eigenvalue weighted by molar-refractivity contribution is 5.86. The van der Waals surface area contributed by atoms with Crippen molar-refractivity contribution in [1.29, 1.82) is 0 Å². The molecule has 5 heteroatoms. The van der Waals surface area contributed by atoms with Gasteiger partial charge in [0.15, 0.2) is 0 Å². The SMILES string of the molecule is CCCCCCOC(=O)C1CC(=O)N(CCCOC(C)C)C1. The third-order valence-electron chi connectivity index (χ3n) is 3.81. The average molecular weight is 313 g/mol. The Hall–Kier alpha value is -1.10. The summed E-state index contributed by atoms with van der Waals surface area (Å²) in [4.78, 5) is 25.6. The summed E-state index contributed by atoms with van der Waals surface area (Å²) in [7, 11) is 0. The summed E-state index contributed by atoms with van der Waals surface area (Å²) >= 11 is 0. The van der Waals surface area contributed by atoms with Crippen molar-refractivity contribution in [3.8, 4) is 0 Å². The Labute approximate surface area is 134 Å². The van der Waals surface area contributed by atoms with Gasteiger partial charge in [-0.25, -0.2) is 0 Å². The van der Waals surface area contributed by atoms with Crippen LogP contribution >= 0.6 is 0 Å². The topological polar surface area (TPSA) is 55.8 Å². The summed E-state index contributed by atoms with van der Waals surface area (Å²) < 4.78 is 10.8. The van der Waals surface area contributed by atoms with E-state index in [-0.39, 0.29) is 23.9 Å². The first-order valence-corrected chi connectivity index (χ1v) is 8.60. The van der Waals surface area contributed by atoms with Crippen molar-refractivity contribution in [1.82, 2.24) is 4.90 Å². The first kappa shape index (κ1) is 18.9. The lowest BCUT2D eigenvalue weighted by Gasteiger charge is -2.17. The number of hydrogen-bond donors (Lipinski definition) is 0. The van der Waals surface area contributed by atoms with Crippen LogP contribution < -0.4 is 0 Å². The summed E-state index contributed by atoms with van der Waals surface area (Å²) in [6.45, 7) is 8.41. The van der Waals surface area contributed by atoms with Crippen LogP contribution in [0.2, 0.25) is 0 Å². The normalized spacial score (nSPS) is 18.3. The number of carbonyl (C=O) groups excluding carboxylic acids is 2. The lowest BCUT2D eigenvalue weighted by molar-refractivity contribution is -0.148. The molecule has 1 amide bonds. The molecule has 0 N–H and O–H groups in total. The molecule has 0 bridgehead atoms. The van der Waals surface area contributed by atoms with Crippen molar-refractivity contribution < 1.29 is 19.1 Å². The van der Waals surface area contributed by atoms with Gasteiger partial charge in [0.25, 0.3) is 0 Å². The van der Waals surface area contributed by atoms with Gasteiger partial charge in [-0.3, -0.25) is 9.59 Å². The molecule has 0 saturated carbocycles. The molecular formula is C17H31NO4. The van der Waals surface area contributed by atoms with Crippen molar-refractivity contribution in [3.05, 3.63) is 0 Å². The average Bonchev–Trinajstić information content (AvgIpc) is 2.84. The maximum atomic E-state index is 12.0. The zero-order chi connectivity index (χ0) is 16.4. The van der Waals surface area contributed by atoms with Crippen LogP contribution in [0.4, 0.5) is 0 Å². The molecule has 5 nitrogen and oxygen atoms in total. The van der Waals surface area contributed by atoms with Crippen LogP contribution in [0.15, 0.2) is 0 Å². The number of carbonyl (C=O) groups is 2. The maximum Gasteiger partial charge on any atom is 0.311 e. The van der Waals surface area contributed by atoms with E-state index in [0.29, 0.717) is 32.7 Å². The van der Waals surface area contributed by atoms with Crippen molar-refractivity contribution in [2.75, 3.05) is 26.3 Å². The molecule has 0 aromatic rings. The third-order valence-corrected chi connectivity index (χ3v) is 3.81. The fourth-order valence-electron chi connectivity index (χ4n) is 2.54. The zero-order valence-electron chi connectivity index (χ0n) is 14.3. The summed E-state index contributed by atoms with van der Waals surface area (Å²) in [5.74, 6) is -0.451. The fraction of sp³-hybridized carbons (Fsp3) is 0.882. The highest BCUT2D eigenvalue weighted by Crippen LogP contribution is 2.19. The van der Waals surface area contributed by atoms with E-state index >= 15 is 0 Å². The van der Waals surface area contributed by atoms with Crippen LogP contribution in [0.5, 0.6) is 0 Å². The van der Waals surface area contributed by atoms with Gasteiger partial charge in [0.05, 0.1) is 18.6 Å². The van der Waals surface area contributed by atoms with Crippen LogP contribution in [0, 0.1) is 5.92 Å². The van der Waals surface area contributed by atoms with Crippen LogP contribution in [0.25, 0.3) is 0 Å². The summed E-state index contributed by atoms with van der Waals surface area (Å²) in [6, 6.07) is 0. The molecule has 1 unspecified atom stereocenters. The van der Waals surface area contributed by atoms with Gasteiger partial charge in [0.1, 0.15) is 0 Å². The first-order chi connectivity index (χ1) is 10.5. The summed E-state index contributed by atoms with van der Waals surface area (Å²) in [5, 5.41) is 0. The van der Waals surface area contributed by atoms with Gasteiger partial charge in [-0.2, -0.15) is 0 Å². The van der Waals surface area contributed by atoms with E-state index in [2.05, 4.69) is 6.92 Å². The Morgan fingerprint density at radius 2 is 2.00 bits per heavy atom. The second kappa shape index (κ2) is 10.6. The molecule has 1 aliphatic rings. The molecule has 0 aromatic heterocycles. The van der Waals surface area contributed by atoms with Gasteiger partial charge < -0.3 is 14.4 Å².